The molecule has 0 aliphatic carbocycles. The first-order chi connectivity index (χ1) is 3.35. The largest absolute Gasteiger partial charge is 0.254 e. The zero-order chi connectivity index (χ0) is 5.70. The molecule has 0 aliphatic heterocycles. The highest BCUT2D eigenvalue weighted by Crippen LogP contribution is 1.82. The Morgan fingerprint density at radius 1 is 1.86 bits per heavy atom. The number of nitrogens with zero attached hydrogens (tertiary/aromatic N) is 1. The van der Waals surface area contributed by atoms with Crippen molar-refractivity contribution >= 4 is 9.47 Å². The molecule has 0 aliphatic rings. The Labute approximate surface area is 44.3 Å². The summed E-state index contributed by atoms with van der Waals surface area (Å²) < 4.78 is 4.45. The van der Waals surface area contributed by atoms with Gasteiger partial charge >= 0.3 is 0 Å². The maximum Gasteiger partial charge on any atom is 0.0297 e. The van der Waals surface area contributed by atoms with Crippen LogP contribution in [0.25, 0.3) is 0 Å². The van der Waals surface area contributed by atoms with Crippen LogP contribution in [0.4, 0.5) is 0 Å². The van der Waals surface area contributed by atoms with Gasteiger partial charge in [-0.2, -0.15) is 5.53 Å². The first-order valence-electron chi connectivity index (χ1n) is 1.65. The molecule has 6 heteroatoms. The van der Waals surface area contributed by atoms with E-state index in [0.29, 0.717) is 0 Å². The van der Waals surface area contributed by atoms with Crippen LogP contribution in [0.1, 0.15) is 0 Å². The monoisotopic (exact) mass is 124 g/mol. The Kier molecular flexibility index (Phi) is 4.53. The van der Waals surface area contributed by atoms with Crippen LogP contribution in [0, 0.1) is 0 Å². The topological polar surface area (TPSA) is 62.5 Å². The van der Waals surface area contributed by atoms with Crippen molar-refractivity contribution in [3.63, 3.8) is 0 Å². The van der Waals surface area contributed by atoms with E-state index < -0.39 is 0 Å². The van der Waals surface area contributed by atoms with Crippen LogP contribution in [0.15, 0.2) is 0 Å². The smallest absolute Gasteiger partial charge is 0.0297 e. The van der Waals surface area contributed by atoms with E-state index in [1.807, 2.05) is 9.47 Å². The second-order valence-electron chi connectivity index (χ2n) is 0.752. The fourth-order valence-electron chi connectivity index (χ4n) is 0.148. The lowest BCUT2D eigenvalue weighted by Gasteiger charge is -2.13. The summed E-state index contributed by atoms with van der Waals surface area (Å²) in [4.78, 5) is 0. The first-order valence-corrected chi connectivity index (χ1v) is 2.13. The van der Waals surface area contributed by atoms with Crippen LogP contribution < -0.4 is 16.8 Å². The van der Waals surface area contributed by atoms with Gasteiger partial charge in [0.1, 0.15) is 0 Å². The lowest BCUT2D eigenvalue weighted by molar-refractivity contribution is -0.131. The Morgan fingerprint density at radius 3 is 2.43 bits per heavy atom. The Bertz CT molecular complexity index is 33.2. The van der Waals surface area contributed by atoms with Gasteiger partial charge in [0.2, 0.25) is 0 Å². The van der Waals surface area contributed by atoms with Gasteiger partial charge in [0, 0.05) is 16.5 Å². The van der Waals surface area contributed by atoms with E-state index in [2.05, 4.69) is 15.6 Å². The predicted molar refractivity (Wildman–Crippen MR) is 29.0 cm³/mol. The molecule has 4 N–H and O–H groups in total. The highest BCUT2D eigenvalue weighted by atomic mass is 31.0. The second kappa shape index (κ2) is 4.39. The van der Waals surface area contributed by atoms with Crippen LogP contribution in [0.5, 0.6) is 0 Å². The molecule has 0 fully saturated rings. The number of hydrogen-bond donors (Lipinski definition) is 3. The van der Waals surface area contributed by atoms with E-state index in [9.17, 15) is 0 Å². The van der Waals surface area contributed by atoms with Crippen LogP contribution in [-0.2, 0) is 4.62 Å². The summed E-state index contributed by atoms with van der Waals surface area (Å²) in [6.07, 6.45) is 0. The minimum Gasteiger partial charge on any atom is -0.254 e. The van der Waals surface area contributed by atoms with Gasteiger partial charge in [0.05, 0.1) is 0 Å². The molecular formula is CH9N4OP. The highest BCUT2D eigenvalue weighted by molar-refractivity contribution is 7.09. The van der Waals surface area contributed by atoms with Crippen molar-refractivity contribution in [2.24, 2.45) is 5.84 Å². The Hall–Kier alpha value is 0.230. The molecule has 0 aromatic rings. The summed E-state index contributed by atoms with van der Waals surface area (Å²) in [7, 11) is 3.66. The maximum absolute atomic E-state index is 4.87. The maximum atomic E-state index is 4.87. The third-order valence-corrected chi connectivity index (χ3v) is 0.637. The lowest BCUT2D eigenvalue weighted by Crippen LogP contribution is -2.47. The minimum atomic E-state index is 1.12. The van der Waals surface area contributed by atoms with Crippen molar-refractivity contribution in [2.45, 2.75) is 0 Å². The van der Waals surface area contributed by atoms with Crippen molar-refractivity contribution in [3.05, 3.63) is 0 Å². The van der Waals surface area contributed by atoms with Crippen molar-refractivity contribution < 1.29 is 4.62 Å². The van der Waals surface area contributed by atoms with E-state index >= 15 is 0 Å². The van der Waals surface area contributed by atoms with Crippen LogP contribution in [0.2, 0.25) is 0 Å². The van der Waals surface area contributed by atoms with Crippen LogP contribution >= 0.6 is 9.47 Å². The third-order valence-electron chi connectivity index (χ3n) is 0.426. The standard InChI is InChI=1S/CH9N4OP/c1-3-5(4-2)6-7/h3-4H,2,7H2,1H3. The number of nitrogens with two attached hydrogens (primary N) is 1. The SMILES string of the molecule is CNN(NN)OP. The molecule has 0 rings (SSSR count). The summed E-state index contributed by atoms with van der Waals surface area (Å²) >= 11 is 0. The summed E-state index contributed by atoms with van der Waals surface area (Å²) in [6, 6.07) is 0. The van der Waals surface area contributed by atoms with Crippen molar-refractivity contribution in [1.82, 2.24) is 16.2 Å². The van der Waals surface area contributed by atoms with Crippen LogP contribution in [0.3, 0.4) is 0 Å². The molecule has 0 saturated carbocycles. The van der Waals surface area contributed by atoms with E-state index in [1.165, 1.54) is 0 Å². The van der Waals surface area contributed by atoms with Gasteiger partial charge in [-0.3, -0.25) is 10.5 Å². The van der Waals surface area contributed by atoms with E-state index in [-0.39, 0.29) is 0 Å². The number of hydrogen-bond acceptors (Lipinski definition) is 5. The Morgan fingerprint density at radius 2 is 2.43 bits per heavy atom. The molecule has 0 spiro atoms. The van der Waals surface area contributed by atoms with E-state index in [4.69, 9.17) is 5.84 Å². The highest BCUT2D eigenvalue weighted by Gasteiger charge is 1.88. The van der Waals surface area contributed by atoms with Crippen LogP contribution in [-0.4, -0.2) is 12.3 Å². The molecule has 1 atom stereocenters. The molecule has 0 aromatic carbocycles. The average molecular weight is 124 g/mol. The van der Waals surface area contributed by atoms with E-state index in [0.717, 1.165) is 5.28 Å². The predicted octanol–water partition coefficient (Wildman–Crippen LogP) is -1.48. The van der Waals surface area contributed by atoms with Gasteiger partial charge < -0.3 is 0 Å². The quantitative estimate of drug-likeness (QED) is 0.243. The molecule has 0 radical (unpaired) electrons. The van der Waals surface area contributed by atoms with Gasteiger partial charge in [0.25, 0.3) is 0 Å². The summed E-state index contributed by atoms with van der Waals surface area (Å²) in [6.45, 7) is 0. The fraction of sp³-hybridized carbons (Fsp3) is 1.00. The number of rotatable bonds is 3. The van der Waals surface area contributed by atoms with Crippen molar-refractivity contribution in [3.8, 4) is 0 Å². The molecule has 5 nitrogen and oxygen atoms in total. The van der Waals surface area contributed by atoms with Crippen molar-refractivity contribution in [2.75, 3.05) is 7.05 Å². The fourth-order valence-corrected chi connectivity index (χ4v) is 0.314. The summed E-state index contributed by atoms with van der Waals surface area (Å²) in [5, 5.41) is 1.12. The summed E-state index contributed by atoms with van der Waals surface area (Å²) in [5.74, 6) is 4.87. The number of hydrazine groups is 3. The molecule has 44 valence electrons. The van der Waals surface area contributed by atoms with Gasteiger partial charge in [-0.05, 0) is 5.28 Å². The molecule has 0 aromatic heterocycles. The molecule has 0 heterocycles. The Balaban J connectivity index is 2.99. The zero-order valence-electron chi connectivity index (χ0n) is 4.01. The zero-order valence-corrected chi connectivity index (χ0v) is 5.16. The lowest BCUT2D eigenvalue weighted by atomic mass is 11.5. The van der Waals surface area contributed by atoms with Gasteiger partial charge in [-0.15, -0.1) is 0 Å². The third kappa shape index (κ3) is 2.87. The molecule has 7 heavy (non-hydrogen) atoms. The van der Waals surface area contributed by atoms with Gasteiger partial charge in [0.15, 0.2) is 0 Å². The van der Waals surface area contributed by atoms with Gasteiger partial charge in [-0.1, -0.05) is 0 Å². The molecule has 0 saturated heterocycles. The van der Waals surface area contributed by atoms with E-state index in [1.54, 1.807) is 7.05 Å². The minimum absolute atomic E-state index is 1.12. The summed E-state index contributed by atoms with van der Waals surface area (Å²) in [5.41, 5.74) is 4.74. The molecule has 0 amide bonds. The molecular weight excluding hydrogens is 115 g/mol. The average Bonchev–Trinajstić information content (AvgIpc) is 1.72. The first kappa shape index (κ1) is 7.23. The number of nitrogens with one attached hydrogen (secondary N) is 2. The molecule has 1 unspecified atom stereocenters. The van der Waals surface area contributed by atoms with Gasteiger partial charge in [-0.25, -0.2) is 5.43 Å². The molecule has 0 bridgehead atoms. The van der Waals surface area contributed by atoms with Crippen molar-refractivity contribution in [1.29, 1.82) is 0 Å². The second-order valence-corrected chi connectivity index (χ2v) is 0.963. The normalized spacial score (nSPS) is 10.3.